The highest BCUT2D eigenvalue weighted by Crippen LogP contribution is 2.30. The van der Waals surface area contributed by atoms with Crippen LogP contribution in [0.1, 0.15) is 50.7 Å². The number of amides is 1. The van der Waals surface area contributed by atoms with Crippen molar-refractivity contribution in [2.45, 2.75) is 52.3 Å². The summed E-state index contributed by atoms with van der Waals surface area (Å²) in [6.45, 7) is 8.95. The number of benzene rings is 1. The number of nitrogens with one attached hydrogen (secondary N) is 1. The Morgan fingerprint density at radius 2 is 1.90 bits per heavy atom. The van der Waals surface area contributed by atoms with Gasteiger partial charge < -0.3 is 19.4 Å². The third-order valence-corrected chi connectivity index (χ3v) is 4.59. The van der Waals surface area contributed by atoms with Crippen molar-refractivity contribution in [3.63, 3.8) is 0 Å². The molecule has 2 rings (SSSR count). The van der Waals surface area contributed by atoms with Crippen LogP contribution in [-0.4, -0.2) is 28.8 Å². The number of hydrogen-bond acceptors (Lipinski definition) is 4. The molecule has 0 saturated carbocycles. The molecule has 1 aromatic heterocycles. The smallest absolute Gasteiger partial charge is 0.408 e. The van der Waals surface area contributed by atoms with E-state index >= 15 is 0 Å². The van der Waals surface area contributed by atoms with Crippen molar-refractivity contribution < 1.29 is 23.5 Å². The van der Waals surface area contributed by atoms with Crippen LogP contribution >= 0.6 is 15.9 Å². The molecule has 0 fully saturated rings. The quantitative estimate of drug-likeness (QED) is 0.605. The van der Waals surface area contributed by atoms with Crippen LogP contribution in [0.3, 0.4) is 0 Å². The fourth-order valence-corrected chi connectivity index (χ4v) is 3.29. The van der Waals surface area contributed by atoms with Gasteiger partial charge in [-0.05, 0) is 65.0 Å². The number of esters is 1. The fourth-order valence-electron chi connectivity index (χ4n) is 2.92. The Bertz CT molecular complexity index is 891. The summed E-state index contributed by atoms with van der Waals surface area (Å²) >= 11 is 3.35. The minimum atomic E-state index is -1.21. The first-order valence-corrected chi connectivity index (χ1v) is 10.0. The summed E-state index contributed by atoms with van der Waals surface area (Å²) in [5.41, 5.74) is -1.37. The van der Waals surface area contributed by atoms with Crippen molar-refractivity contribution in [3.05, 3.63) is 58.1 Å². The van der Waals surface area contributed by atoms with Crippen LogP contribution in [0.5, 0.6) is 0 Å². The maximum absolute atomic E-state index is 14.7. The van der Waals surface area contributed by atoms with Gasteiger partial charge in [0.25, 0.3) is 0 Å². The summed E-state index contributed by atoms with van der Waals surface area (Å²) in [6.07, 6.45) is 0.987. The number of carbonyl (C=O) groups excluding carboxylic acids is 2. The van der Waals surface area contributed by atoms with Crippen molar-refractivity contribution >= 4 is 28.0 Å². The molecule has 0 saturated heterocycles. The standard InChI is InChI=1S/C21H26BrFN2O4/c1-6-28-18(26)17-8-7-11-25(17)13-21(5,24-19(27)29-20(2,3)4)15-12-14(22)9-10-16(15)23/h7-12H,6,13H2,1-5H3,(H,24,27)/t21-/m1/s1. The van der Waals surface area contributed by atoms with Gasteiger partial charge in [0.15, 0.2) is 0 Å². The second kappa shape index (κ2) is 8.98. The van der Waals surface area contributed by atoms with Crippen molar-refractivity contribution in [1.82, 2.24) is 9.88 Å². The summed E-state index contributed by atoms with van der Waals surface area (Å²) in [7, 11) is 0. The fraction of sp³-hybridized carbons (Fsp3) is 0.429. The van der Waals surface area contributed by atoms with Gasteiger partial charge in [0, 0.05) is 16.2 Å². The lowest BCUT2D eigenvalue weighted by atomic mass is 9.91. The molecule has 0 spiro atoms. The molecule has 0 unspecified atom stereocenters. The van der Waals surface area contributed by atoms with Crippen LogP contribution < -0.4 is 5.32 Å². The van der Waals surface area contributed by atoms with Crippen molar-refractivity contribution in [2.24, 2.45) is 0 Å². The molecule has 1 atom stereocenters. The lowest BCUT2D eigenvalue weighted by molar-refractivity contribution is 0.0446. The first-order valence-electron chi connectivity index (χ1n) is 9.24. The molecular weight excluding hydrogens is 443 g/mol. The Morgan fingerprint density at radius 1 is 1.21 bits per heavy atom. The van der Waals surface area contributed by atoms with Crippen molar-refractivity contribution in [2.75, 3.05) is 6.61 Å². The van der Waals surface area contributed by atoms with Crippen LogP contribution in [-0.2, 0) is 21.6 Å². The third kappa shape index (κ3) is 6.06. The zero-order chi connectivity index (χ0) is 21.8. The molecular formula is C21H26BrFN2O4. The molecule has 0 radical (unpaired) electrons. The van der Waals surface area contributed by atoms with Gasteiger partial charge in [-0.3, -0.25) is 0 Å². The average Bonchev–Trinajstić information content (AvgIpc) is 3.03. The summed E-state index contributed by atoms with van der Waals surface area (Å²) in [4.78, 5) is 24.8. The molecule has 8 heteroatoms. The Morgan fingerprint density at radius 3 is 2.52 bits per heavy atom. The molecule has 1 amide bonds. The monoisotopic (exact) mass is 468 g/mol. The maximum atomic E-state index is 14.7. The van der Waals surface area contributed by atoms with E-state index in [1.54, 1.807) is 69.6 Å². The predicted molar refractivity (Wildman–Crippen MR) is 111 cm³/mol. The highest BCUT2D eigenvalue weighted by Gasteiger charge is 2.35. The lowest BCUT2D eigenvalue weighted by Crippen LogP contribution is -2.49. The number of nitrogens with zero attached hydrogens (tertiary/aromatic N) is 1. The van der Waals surface area contributed by atoms with E-state index in [4.69, 9.17) is 9.47 Å². The van der Waals surface area contributed by atoms with E-state index in [0.717, 1.165) is 0 Å². The molecule has 1 aromatic carbocycles. The number of ether oxygens (including phenoxy) is 2. The molecule has 0 bridgehead atoms. The molecule has 1 N–H and O–H groups in total. The molecule has 0 aliphatic heterocycles. The Hall–Kier alpha value is -2.35. The van der Waals surface area contributed by atoms with E-state index < -0.39 is 29.0 Å². The summed E-state index contributed by atoms with van der Waals surface area (Å²) < 4.78 is 27.5. The third-order valence-electron chi connectivity index (χ3n) is 4.10. The zero-order valence-electron chi connectivity index (χ0n) is 17.2. The summed E-state index contributed by atoms with van der Waals surface area (Å²) in [5.74, 6) is -0.983. The minimum absolute atomic E-state index is 0.0841. The largest absolute Gasteiger partial charge is 0.461 e. The number of halogens is 2. The molecule has 6 nitrogen and oxygen atoms in total. The van der Waals surface area contributed by atoms with Crippen LogP contribution in [0.4, 0.5) is 9.18 Å². The van der Waals surface area contributed by atoms with Gasteiger partial charge >= 0.3 is 12.1 Å². The van der Waals surface area contributed by atoms with E-state index in [0.29, 0.717) is 10.2 Å². The number of carbonyl (C=O) groups is 2. The van der Waals surface area contributed by atoms with Crippen LogP contribution in [0.15, 0.2) is 41.0 Å². The van der Waals surface area contributed by atoms with Gasteiger partial charge in [-0.1, -0.05) is 15.9 Å². The SMILES string of the molecule is CCOC(=O)c1cccn1C[C@@](C)(NC(=O)OC(C)(C)C)c1cc(Br)ccc1F. The maximum Gasteiger partial charge on any atom is 0.408 e. The van der Waals surface area contributed by atoms with Crippen molar-refractivity contribution in [1.29, 1.82) is 0 Å². The molecule has 158 valence electrons. The van der Waals surface area contributed by atoms with E-state index in [-0.39, 0.29) is 18.7 Å². The molecule has 2 aromatic rings. The Balaban J connectivity index is 2.46. The number of aromatic nitrogens is 1. The normalized spacial score (nSPS) is 13.5. The zero-order valence-corrected chi connectivity index (χ0v) is 18.8. The van der Waals surface area contributed by atoms with Crippen LogP contribution in [0.2, 0.25) is 0 Å². The number of rotatable bonds is 6. The van der Waals surface area contributed by atoms with Gasteiger partial charge in [0.2, 0.25) is 0 Å². The van der Waals surface area contributed by atoms with E-state index in [1.165, 1.54) is 6.07 Å². The topological polar surface area (TPSA) is 69.6 Å². The van der Waals surface area contributed by atoms with Crippen LogP contribution in [0.25, 0.3) is 0 Å². The highest BCUT2D eigenvalue weighted by atomic mass is 79.9. The summed E-state index contributed by atoms with van der Waals surface area (Å²) in [5, 5.41) is 2.78. The van der Waals surface area contributed by atoms with Crippen LogP contribution in [0, 0.1) is 5.82 Å². The molecule has 0 aliphatic rings. The van der Waals surface area contributed by atoms with E-state index in [2.05, 4.69) is 21.2 Å². The van der Waals surface area contributed by atoms with E-state index in [9.17, 15) is 14.0 Å². The van der Waals surface area contributed by atoms with Gasteiger partial charge in [0.05, 0.1) is 18.7 Å². The second-order valence-electron chi connectivity index (χ2n) is 7.82. The molecule has 0 aliphatic carbocycles. The van der Waals surface area contributed by atoms with Gasteiger partial charge in [-0.25, -0.2) is 14.0 Å². The van der Waals surface area contributed by atoms with Gasteiger partial charge in [-0.2, -0.15) is 0 Å². The Labute approximate surface area is 178 Å². The van der Waals surface area contributed by atoms with Gasteiger partial charge in [-0.15, -0.1) is 0 Å². The first kappa shape index (κ1) is 22.9. The number of alkyl carbamates (subject to hydrolysis) is 1. The van der Waals surface area contributed by atoms with Gasteiger partial charge in [0.1, 0.15) is 17.1 Å². The predicted octanol–water partition coefficient (Wildman–Crippen LogP) is 5.01. The minimum Gasteiger partial charge on any atom is -0.461 e. The first-order chi connectivity index (χ1) is 13.4. The highest BCUT2D eigenvalue weighted by molar-refractivity contribution is 9.10. The molecule has 1 heterocycles. The Kier molecular flexibility index (Phi) is 7.11. The second-order valence-corrected chi connectivity index (χ2v) is 8.74. The van der Waals surface area contributed by atoms with Crippen molar-refractivity contribution in [3.8, 4) is 0 Å². The van der Waals surface area contributed by atoms with E-state index in [1.807, 2.05) is 0 Å². The lowest BCUT2D eigenvalue weighted by Gasteiger charge is -2.34. The average molecular weight is 469 g/mol. The molecule has 29 heavy (non-hydrogen) atoms. The summed E-state index contributed by atoms with van der Waals surface area (Å²) in [6, 6.07) is 7.80. The number of hydrogen-bond donors (Lipinski definition) is 1.